The molecule has 0 bridgehead atoms. The third-order valence-corrected chi connectivity index (χ3v) is 3.12. The number of carbonyl (C=O) groups excluding carboxylic acids is 1. The third-order valence-electron chi connectivity index (χ3n) is 3.12. The molecule has 2 aromatic rings. The van der Waals surface area contributed by atoms with Crippen LogP contribution in [0.2, 0.25) is 0 Å². The number of ether oxygens (including phenoxy) is 2. The molecular formula is C19H18O3. The molecule has 2 rings (SSSR count). The van der Waals surface area contributed by atoms with Crippen LogP contribution in [-0.2, 0) is 0 Å². The molecular weight excluding hydrogens is 276 g/mol. The average Bonchev–Trinajstić information content (AvgIpc) is 2.58. The van der Waals surface area contributed by atoms with Gasteiger partial charge in [0.1, 0.15) is 11.5 Å². The van der Waals surface area contributed by atoms with E-state index in [-0.39, 0.29) is 5.78 Å². The molecule has 0 heterocycles. The second-order valence-corrected chi connectivity index (χ2v) is 4.56. The lowest BCUT2D eigenvalue weighted by Crippen LogP contribution is -1.99. The summed E-state index contributed by atoms with van der Waals surface area (Å²) in [4.78, 5) is 12.2. The fourth-order valence-corrected chi connectivity index (χ4v) is 1.97. The molecule has 0 saturated carbocycles. The van der Waals surface area contributed by atoms with Gasteiger partial charge in [-0.3, -0.25) is 4.79 Å². The summed E-state index contributed by atoms with van der Waals surface area (Å²) in [5, 5.41) is 0. The lowest BCUT2D eigenvalue weighted by atomic mass is 10.1. The Morgan fingerprint density at radius 3 is 2.41 bits per heavy atom. The topological polar surface area (TPSA) is 35.5 Å². The molecule has 3 nitrogen and oxygen atoms in total. The molecule has 2 aromatic carbocycles. The van der Waals surface area contributed by atoms with Gasteiger partial charge in [0, 0.05) is 0 Å². The molecule has 0 aliphatic heterocycles. The van der Waals surface area contributed by atoms with Crippen molar-refractivity contribution >= 4 is 11.9 Å². The standard InChI is InChI=1S/C19H18O3/c1-21-16-12-13-19(22-2)17(14-16)18(20)11-7-6-10-15-8-4-3-5-9-15/h3-14H,1-2H3/b10-6+,11-7+. The zero-order valence-electron chi connectivity index (χ0n) is 12.7. The van der Waals surface area contributed by atoms with Crippen LogP contribution in [0.1, 0.15) is 15.9 Å². The first kappa shape index (κ1) is 15.6. The van der Waals surface area contributed by atoms with E-state index in [9.17, 15) is 4.79 Å². The van der Waals surface area contributed by atoms with E-state index >= 15 is 0 Å². The summed E-state index contributed by atoms with van der Waals surface area (Å²) >= 11 is 0. The van der Waals surface area contributed by atoms with Gasteiger partial charge >= 0.3 is 0 Å². The second kappa shape index (κ2) is 7.84. The predicted molar refractivity (Wildman–Crippen MR) is 88.5 cm³/mol. The minimum Gasteiger partial charge on any atom is -0.497 e. The van der Waals surface area contributed by atoms with Gasteiger partial charge in [0.05, 0.1) is 19.8 Å². The minimum absolute atomic E-state index is 0.131. The highest BCUT2D eigenvalue weighted by Gasteiger charge is 2.10. The molecule has 0 spiro atoms. The highest BCUT2D eigenvalue weighted by Crippen LogP contribution is 2.24. The molecule has 0 aliphatic carbocycles. The van der Waals surface area contributed by atoms with Gasteiger partial charge in [-0.25, -0.2) is 0 Å². The second-order valence-electron chi connectivity index (χ2n) is 4.56. The van der Waals surface area contributed by atoms with Crippen LogP contribution >= 0.6 is 0 Å². The number of allylic oxidation sites excluding steroid dienone is 3. The summed E-state index contributed by atoms with van der Waals surface area (Å²) in [5.74, 6) is 1.02. The van der Waals surface area contributed by atoms with Gasteiger partial charge in [-0.2, -0.15) is 0 Å². The molecule has 0 N–H and O–H groups in total. The van der Waals surface area contributed by atoms with Crippen LogP contribution in [0.25, 0.3) is 6.08 Å². The van der Waals surface area contributed by atoms with Gasteiger partial charge in [0.15, 0.2) is 5.78 Å². The maximum Gasteiger partial charge on any atom is 0.189 e. The quantitative estimate of drug-likeness (QED) is 0.456. The highest BCUT2D eigenvalue weighted by molar-refractivity contribution is 6.07. The zero-order valence-corrected chi connectivity index (χ0v) is 12.7. The van der Waals surface area contributed by atoms with Crippen molar-refractivity contribution in [1.29, 1.82) is 0 Å². The molecule has 3 heteroatoms. The molecule has 0 fully saturated rings. The van der Waals surface area contributed by atoms with E-state index in [4.69, 9.17) is 9.47 Å². The van der Waals surface area contributed by atoms with Crippen molar-refractivity contribution in [2.24, 2.45) is 0 Å². The number of rotatable bonds is 6. The fraction of sp³-hybridized carbons (Fsp3) is 0.105. The van der Waals surface area contributed by atoms with Crippen molar-refractivity contribution in [1.82, 2.24) is 0 Å². The van der Waals surface area contributed by atoms with Gasteiger partial charge in [0.25, 0.3) is 0 Å². The Morgan fingerprint density at radius 1 is 0.955 bits per heavy atom. The first-order chi connectivity index (χ1) is 10.7. The van der Waals surface area contributed by atoms with E-state index in [1.165, 1.54) is 13.2 Å². The molecule has 0 aromatic heterocycles. The highest BCUT2D eigenvalue weighted by atomic mass is 16.5. The van der Waals surface area contributed by atoms with Crippen LogP contribution in [0, 0.1) is 0 Å². The summed E-state index contributed by atoms with van der Waals surface area (Å²) in [7, 11) is 3.10. The first-order valence-corrected chi connectivity index (χ1v) is 6.90. The Balaban J connectivity index is 2.11. The van der Waals surface area contributed by atoms with Crippen LogP contribution in [0.3, 0.4) is 0 Å². The summed E-state index contributed by atoms with van der Waals surface area (Å²) in [6.07, 6.45) is 7.00. The average molecular weight is 294 g/mol. The lowest BCUT2D eigenvalue weighted by molar-refractivity contribution is 0.104. The maximum atomic E-state index is 12.2. The van der Waals surface area contributed by atoms with Crippen molar-refractivity contribution in [2.75, 3.05) is 14.2 Å². The van der Waals surface area contributed by atoms with Crippen molar-refractivity contribution < 1.29 is 14.3 Å². The zero-order chi connectivity index (χ0) is 15.8. The van der Waals surface area contributed by atoms with Crippen LogP contribution in [0.5, 0.6) is 11.5 Å². The third kappa shape index (κ3) is 4.09. The molecule has 0 saturated heterocycles. The molecule has 0 atom stereocenters. The molecule has 0 radical (unpaired) electrons. The first-order valence-electron chi connectivity index (χ1n) is 6.90. The number of methoxy groups -OCH3 is 2. The Hall–Kier alpha value is -2.81. The van der Waals surface area contributed by atoms with E-state index < -0.39 is 0 Å². The summed E-state index contributed by atoms with van der Waals surface area (Å²) in [5.41, 5.74) is 1.56. The van der Waals surface area contributed by atoms with E-state index in [2.05, 4.69) is 0 Å². The molecule has 22 heavy (non-hydrogen) atoms. The molecule has 0 unspecified atom stereocenters. The van der Waals surface area contributed by atoms with E-state index in [0.29, 0.717) is 17.1 Å². The predicted octanol–water partition coefficient (Wildman–Crippen LogP) is 4.16. The van der Waals surface area contributed by atoms with E-state index in [1.807, 2.05) is 42.5 Å². The Kier molecular flexibility index (Phi) is 5.55. The van der Waals surface area contributed by atoms with Gasteiger partial charge in [-0.1, -0.05) is 48.6 Å². The van der Waals surface area contributed by atoms with Crippen LogP contribution in [-0.4, -0.2) is 20.0 Å². The Bertz CT molecular complexity index is 685. The van der Waals surface area contributed by atoms with Gasteiger partial charge in [-0.05, 0) is 29.8 Å². The van der Waals surface area contributed by atoms with E-state index in [0.717, 1.165) is 5.56 Å². The van der Waals surface area contributed by atoms with Gasteiger partial charge in [0.2, 0.25) is 0 Å². The SMILES string of the molecule is COc1ccc(OC)c(C(=O)/C=C/C=C/c2ccccc2)c1. The Labute approximate surface area is 130 Å². The summed E-state index contributed by atoms with van der Waals surface area (Å²) in [6.45, 7) is 0. The van der Waals surface area contributed by atoms with Crippen molar-refractivity contribution in [3.63, 3.8) is 0 Å². The number of hydrogen-bond acceptors (Lipinski definition) is 3. The van der Waals surface area contributed by atoms with Crippen molar-refractivity contribution in [3.05, 3.63) is 77.9 Å². The normalized spacial score (nSPS) is 11.0. The maximum absolute atomic E-state index is 12.2. The van der Waals surface area contributed by atoms with Crippen LogP contribution in [0.15, 0.2) is 66.8 Å². The fourth-order valence-electron chi connectivity index (χ4n) is 1.97. The minimum atomic E-state index is -0.131. The largest absolute Gasteiger partial charge is 0.497 e. The van der Waals surface area contributed by atoms with Crippen LogP contribution < -0.4 is 9.47 Å². The van der Waals surface area contributed by atoms with Gasteiger partial charge < -0.3 is 9.47 Å². The van der Waals surface area contributed by atoms with Crippen molar-refractivity contribution in [3.8, 4) is 11.5 Å². The number of hydrogen-bond donors (Lipinski definition) is 0. The van der Waals surface area contributed by atoms with Crippen LogP contribution in [0.4, 0.5) is 0 Å². The Morgan fingerprint density at radius 2 is 1.73 bits per heavy atom. The summed E-state index contributed by atoms with van der Waals surface area (Å²) < 4.78 is 10.4. The number of ketones is 1. The monoisotopic (exact) mass is 294 g/mol. The summed E-state index contributed by atoms with van der Waals surface area (Å²) in [6, 6.07) is 15.0. The molecule has 0 aliphatic rings. The smallest absolute Gasteiger partial charge is 0.189 e. The molecule has 112 valence electrons. The molecule has 0 amide bonds. The lowest BCUT2D eigenvalue weighted by Gasteiger charge is -2.07. The number of benzene rings is 2. The van der Waals surface area contributed by atoms with Crippen molar-refractivity contribution in [2.45, 2.75) is 0 Å². The van der Waals surface area contributed by atoms with E-state index in [1.54, 1.807) is 31.4 Å². The number of carbonyl (C=O) groups is 1. The van der Waals surface area contributed by atoms with Gasteiger partial charge in [-0.15, -0.1) is 0 Å².